The molecule has 4 atom stereocenters. The molecule has 2 aliphatic rings. The molecule has 2 rings (SSSR count). The Morgan fingerprint density at radius 3 is 2.65 bits per heavy atom. The van der Waals surface area contributed by atoms with Crippen molar-refractivity contribution in [1.29, 1.82) is 0 Å². The molecule has 3 amide bonds. The van der Waals surface area contributed by atoms with Gasteiger partial charge in [-0.1, -0.05) is 13.8 Å². The quantitative estimate of drug-likeness (QED) is 0.533. The molecule has 0 radical (unpaired) electrons. The van der Waals surface area contributed by atoms with Gasteiger partial charge in [-0.2, -0.15) is 0 Å². The molecule has 1 aliphatic carbocycles. The molecule has 0 aromatic carbocycles. The second-order valence-electron chi connectivity index (χ2n) is 7.82. The third kappa shape index (κ3) is 4.26. The van der Waals surface area contributed by atoms with E-state index in [-0.39, 0.29) is 23.7 Å². The van der Waals surface area contributed by atoms with E-state index in [0.717, 1.165) is 17.7 Å². The average molecular weight is 366 g/mol. The monoisotopic (exact) mass is 366 g/mol. The van der Waals surface area contributed by atoms with Gasteiger partial charge in [0.05, 0.1) is 12.0 Å². The van der Waals surface area contributed by atoms with Crippen molar-refractivity contribution >= 4 is 17.9 Å². The molecule has 7 nitrogen and oxygen atoms in total. The van der Waals surface area contributed by atoms with Crippen LogP contribution < -0.4 is 5.32 Å². The summed E-state index contributed by atoms with van der Waals surface area (Å²) in [7, 11) is 0. The highest BCUT2D eigenvalue weighted by Crippen LogP contribution is 2.51. The molecule has 1 saturated carbocycles. The second-order valence-corrected chi connectivity index (χ2v) is 7.82. The smallest absolute Gasteiger partial charge is 0.330 e. The molecule has 26 heavy (non-hydrogen) atoms. The topological polar surface area (TPSA) is 95.9 Å². The number of rotatable bonds is 7. The molecule has 1 heterocycles. The number of hydrogen-bond donors (Lipinski definition) is 2. The molecule has 0 spiro atoms. The predicted molar refractivity (Wildman–Crippen MR) is 95.6 cm³/mol. The third-order valence-electron chi connectivity index (χ3n) is 5.85. The zero-order valence-corrected chi connectivity index (χ0v) is 16.1. The average Bonchev–Trinajstić information content (AvgIpc) is 2.60. The second kappa shape index (κ2) is 8.20. The summed E-state index contributed by atoms with van der Waals surface area (Å²) < 4.78 is 5.40. The first kappa shape index (κ1) is 20.4. The summed E-state index contributed by atoms with van der Waals surface area (Å²) in [5.74, 6) is 0.474. The van der Waals surface area contributed by atoms with Gasteiger partial charge < -0.3 is 15.2 Å². The lowest BCUT2D eigenvalue weighted by molar-refractivity contribution is -0.170. The van der Waals surface area contributed by atoms with Crippen molar-refractivity contribution < 1.29 is 24.2 Å². The lowest BCUT2D eigenvalue weighted by Gasteiger charge is -2.48. The van der Waals surface area contributed by atoms with Crippen LogP contribution in [-0.2, 0) is 14.3 Å². The number of unbranched alkanes of at least 4 members (excludes halogenated alkanes) is 2. The van der Waals surface area contributed by atoms with Crippen molar-refractivity contribution in [3.63, 3.8) is 0 Å². The number of imide groups is 1. The molecule has 0 aromatic rings. The maximum atomic E-state index is 12.2. The number of aliphatic hydroxyl groups excluding tert-OH is 1. The molecule has 0 saturated heterocycles. The largest absolute Gasteiger partial charge is 0.465 e. The number of amides is 3. The molecule has 0 aromatic heterocycles. The Bertz CT molecular complexity index is 603. The first-order chi connectivity index (χ1) is 12.2. The first-order valence-electron chi connectivity index (χ1n) is 9.33. The molecule has 0 bridgehead atoms. The zero-order chi connectivity index (χ0) is 19.5. The van der Waals surface area contributed by atoms with Crippen molar-refractivity contribution in [2.24, 2.45) is 17.3 Å². The van der Waals surface area contributed by atoms with Crippen molar-refractivity contribution in [3.05, 3.63) is 11.8 Å². The van der Waals surface area contributed by atoms with Crippen LogP contribution in [0.1, 0.15) is 59.8 Å². The van der Waals surface area contributed by atoms with E-state index in [9.17, 15) is 19.5 Å². The Labute approximate surface area is 154 Å². The van der Waals surface area contributed by atoms with Gasteiger partial charge in [-0.15, -0.1) is 0 Å². The van der Waals surface area contributed by atoms with Gasteiger partial charge in [0.1, 0.15) is 0 Å². The van der Waals surface area contributed by atoms with Crippen molar-refractivity contribution in [1.82, 2.24) is 10.2 Å². The Morgan fingerprint density at radius 1 is 1.35 bits per heavy atom. The van der Waals surface area contributed by atoms with E-state index in [1.807, 2.05) is 6.92 Å². The predicted octanol–water partition coefficient (Wildman–Crippen LogP) is 2.55. The van der Waals surface area contributed by atoms with E-state index in [2.05, 4.69) is 19.2 Å². The van der Waals surface area contributed by atoms with Crippen LogP contribution in [0.3, 0.4) is 0 Å². The summed E-state index contributed by atoms with van der Waals surface area (Å²) in [6, 6.07) is -0.612. The van der Waals surface area contributed by atoms with Crippen LogP contribution in [-0.4, -0.2) is 40.7 Å². The van der Waals surface area contributed by atoms with E-state index in [1.165, 1.54) is 6.20 Å². The minimum atomic E-state index is -1.04. The third-order valence-corrected chi connectivity index (χ3v) is 5.85. The first-order valence-corrected chi connectivity index (χ1v) is 9.33. The van der Waals surface area contributed by atoms with E-state index >= 15 is 0 Å². The maximum absolute atomic E-state index is 12.2. The number of carbonyl (C=O) groups is 3. The molecule has 1 aliphatic heterocycles. The summed E-state index contributed by atoms with van der Waals surface area (Å²) in [4.78, 5) is 37.0. The SMILES string of the molecule is CC1=CN(C(=O)CCCCCOC(=O)C2(C)CC(C)C2C)C(=O)NC1O. The van der Waals surface area contributed by atoms with Crippen LogP contribution >= 0.6 is 0 Å². The summed E-state index contributed by atoms with van der Waals surface area (Å²) >= 11 is 0. The van der Waals surface area contributed by atoms with E-state index in [4.69, 9.17) is 4.74 Å². The van der Waals surface area contributed by atoms with Gasteiger partial charge in [-0.3, -0.25) is 9.59 Å². The Kier molecular flexibility index (Phi) is 6.44. The molecule has 146 valence electrons. The number of nitrogens with zero attached hydrogens (tertiary/aromatic N) is 1. The number of aliphatic hydroxyl groups is 1. The summed E-state index contributed by atoms with van der Waals surface area (Å²) in [6.45, 7) is 8.21. The van der Waals surface area contributed by atoms with E-state index < -0.39 is 12.3 Å². The van der Waals surface area contributed by atoms with Crippen LogP contribution in [0.25, 0.3) is 0 Å². The number of esters is 1. The maximum Gasteiger partial charge on any atom is 0.330 e. The normalized spacial score (nSPS) is 31.0. The van der Waals surface area contributed by atoms with Crippen molar-refractivity contribution in [2.75, 3.05) is 6.61 Å². The van der Waals surface area contributed by atoms with E-state index in [1.54, 1.807) is 6.92 Å². The number of ether oxygens (including phenoxy) is 1. The lowest BCUT2D eigenvalue weighted by Crippen LogP contribution is -2.49. The number of hydrogen-bond acceptors (Lipinski definition) is 5. The summed E-state index contributed by atoms with van der Waals surface area (Å²) in [5, 5.41) is 11.8. The number of nitrogens with one attached hydrogen (secondary N) is 1. The van der Waals surface area contributed by atoms with Crippen molar-refractivity contribution in [3.8, 4) is 0 Å². The van der Waals surface area contributed by atoms with Crippen LogP contribution in [0.5, 0.6) is 0 Å². The molecular formula is C19H30N2O5. The molecule has 7 heteroatoms. The number of urea groups is 1. The zero-order valence-electron chi connectivity index (χ0n) is 16.1. The van der Waals surface area contributed by atoms with Crippen LogP contribution in [0.2, 0.25) is 0 Å². The Morgan fingerprint density at radius 2 is 2.04 bits per heavy atom. The number of carbonyl (C=O) groups excluding carboxylic acids is 3. The summed E-state index contributed by atoms with van der Waals surface area (Å²) in [5.41, 5.74) is 0.157. The molecule has 2 N–H and O–H groups in total. The molecular weight excluding hydrogens is 336 g/mol. The van der Waals surface area contributed by atoms with Gasteiger partial charge >= 0.3 is 12.0 Å². The standard InChI is InChI=1S/C19H30N2O5/c1-12-10-19(4,14(12)3)17(24)26-9-7-5-6-8-15(22)21-11-13(2)16(23)20-18(21)25/h11-12,14,16,23H,5-10H2,1-4H3,(H,20,25). The molecule has 4 unspecified atom stereocenters. The molecule has 1 fully saturated rings. The van der Waals surface area contributed by atoms with Gasteiger partial charge in [-0.25, -0.2) is 9.69 Å². The lowest BCUT2D eigenvalue weighted by atomic mass is 9.56. The minimum absolute atomic E-state index is 0.122. The van der Waals surface area contributed by atoms with Crippen LogP contribution in [0.15, 0.2) is 11.8 Å². The highest BCUT2D eigenvalue weighted by atomic mass is 16.5. The highest BCUT2D eigenvalue weighted by Gasteiger charge is 2.51. The van der Waals surface area contributed by atoms with Crippen molar-refractivity contribution in [2.45, 2.75) is 66.0 Å². The van der Waals surface area contributed by atoms with E-state index in [0.29, 0.717) is 36.9 Å². The van der Waals surface area contributed by atoms with Gasteiger partial charge in [0.2, 0.25) is 5.91 Å². The van der Waals surface area contributed by atoms with Gasteiger partial charge in [-0.05, 0) is 56.9 Å². The highest BCUT2D eigenvalue weighted by molar-refractivity contribution is 5.96. The van der Waals surface area contributed by atoms with Gasteiger partial charge in [0, 0.05) is 12.6 Å². The summed E-state index contributed by atoms with van der Waals surface area (Å²) in [6.07, 6.45) is 3.48. The Hall–Kier alpha value is -1.89. The fourth-order valence-electron chi connectivity index (χ4n) is 3.59. The minimum Gasteiger partial charge on any atom is -0.465 e. The fourth-order valence-corrected chi connectivity index (χ4v) is 3.59. The van der Waals surface area contributed by atoms with Gasteiger partial charge in [0.25, 0.3) is 0 Å². The van der Waals surface area contributed by atoms with Crippen LogP contribution in [0, 0.1) is 17.3 Å². The fraction of sp³-hybridized carbons (Fsp3) is 0.737. The van der Waals surface area contributed by atoms with Gasteiger partial charge in [0.15, 0.2) is 6.23 Å². The Balaban J connectivity index is 1.63. The van der Waals surface area contributed by atoms with Crippen LogP contribution in [0.4, 0.5) is 4.79 Å².